The van der Waals surface area contributed by atoms with Crippen LogP contribution in [-0.2, 0) is 26.5 Å². The molecule has 0 unspecified atom stereocenters. The fourth-order valence-electron chi connectivity index (χ4n) is 4.41. The van der Waals surface area contributed by atoms with E-state index in [1.54, 1.807) is 6.20 Å². The van der Waals surface area contributed by atoms with E-state index in [0.717, 1.165) is 40.1 Å². The summed E-state index contributed by atoms with van der Waals surface area (Å²) in [6.07, 6.45) is 4.73. The van der Waals surface area contributed by atoms with Crippen molar-refractivity contribution in [2.24, 2.45) is 0 Å². The van der Waals surface area contributed by atoms with Gasteiger partial charge in [0.1, 0.15) is 5.58 Å². The SMILES string of the molecule is CCc1ccc(-c2[c-]cc([Si](C)(C)C)c3c2oc2ccccc23)nc1.[Ir].[c-]1ccccc1-c1ccccn1. The molecule has 1 radical (unpaired) electrons. The van der Waals surface area contributed by atoms with E-state index >= 15 is 0 Å². The Bertz CT molecular complexity index is 1590. The van der Waals surface area contributed by atoms with E-state index in [1.807, 2.05) is 60.8 Å². The number of hydrogen-bond acceptors (Lipinski definition) is 3. The van der Waals surface area contributed by atoms with Crippen molar-refractivity contribution in [3.63, 3.8) is 0 Å². The summed E-state index contributed by atoms with van der Waals surface area (Å²) in [7, 11) is -1.53. The number of pyridine rings is 2. The molecule has 38 heavy (non-hydrogen) atoms. The van der Waals surface area contributed by atoms with Crippen LogP contribution in [0.15, 0.2) is 102 Å². The van der Waals surface area contributed by atoms with Crippen molar-refractivity contribution in [1.82, 2.24) is 9.97 Å². The van der Waals surface area contributed by atoms with E-state index in [4.69, 9.17) is 4.42 Å². The van der Waals surface area contributed by atoms with Crippen molar-refractivity contribution < 1.29 is 24.5 Å². The number of rotatable bonds is 4. The van der Waals surface area contributed by atoms with Crippen molar-refractivity contribution in [3.8, 4) is 22.5 Å². The van der Waals surface area contributed by atoms with Crippen LogP contribution in [0.25, 0.3) is 44.5 Å². The molecule has 3 aromatic heterocycles. The van der Waals surface area contributed by atoms with Crippen LogP contribution in [0.4, 0.5) is 0 Å². The van der Waals surface area contributed by atoms with E-state index in [-0.39, 0.29) is 20.1 Å². The Hall–Kier alpha value is -3.37. The zero-order valence-corrected chi connectivity index (χ0v) is 25.5. The molecule has 3 nitrogen and oxygen atoms in total. The number of furan rings is 1. The quantitative estimate of drug-likeness (QED) is 0.139. The van der Waals surface area contributed by atoms with Gasteiger partial charge in [-0.1, -0.05) is 80.0 Å². The molecule has 6 rings (SSSR count). The van der Waals surface area contributed by atoms with Gasteiger partial charge in [-0.05, 0) is 35.5 Å². The number of benzene rings is 3. The molecule has 0 N–H and O–H groups in total. The zero-order valence-electron chi connectivity index (χ0n) is 22.1. The molecule has 0 aliphatic rings. The van der Waals surface area contributed by atoms with Crippen LogP contribution in [0.5, 0.6) is 0 Å². The maximum atomic E-state index is 6.28. The normalized spacial score (nSPS) is 11.1. The minimum absolute atomic E-state index is 0. The second kappa shape index (κ2) is 12.0. The number of hydrogen-bond donors (Lipinski definition) is 0. The zero-order chi connectivity index (χ0) is 25.8. The molecule has 193 valence electrons. The molecule has 0 amide bonds. The first-order chi connectivity index (χ1) is 18.0. The second-order valence-corrected chi connectivity index (χ2v) is 15.1. The van der Waals surface area contributed by atoms with Crippen molar-refractivity contribution in [2.45, 2.75) is 33.0 Å². The van der Waals surface area contributed by atoms with Crippen LogP contribution < -0.4 is 5.19 Å². The Balaban J connectivity index is 0.000000218. The molecule has 0 aliphatic heterocycles. The Kier molecular flexibility index (Phi) is 8.73. The second-order valence-electron chi connectivity index (χ2n) is 10.0. The Labute approximate surface area is 239 Å². The van der Waals surface area contributed by atoms with E-state index in [0.29, 0.717) is 0 Å². The molecule has 0 spiro atoms. The van der Waals surface area contributed by atoms with Gasteiger partial charge >= 0.3 is 0 Å². The molecule has 0 fully saturated rings. The summed E-state index contributed by atoms with van der Waals surface area (Å²) >= 11 is 0. The molecular formula is C33H30IrN2OSi-2. The largest absolute Gasteiger partial charge is 0.501 e. The standard InChI is InChI=1S/C22H22NOSi.C11H8N.Ir/c1-5-15-10-12-18(23-14-15)16-11-13-20(25(2,3)4)21-17-8-6-7-9-19(17)24-22(16)21;1-2-6-10(7-3-1)11-8-4-5-9-12-11;/h6-10,12-14H,5H2,1-4H3;1-6,8-9H;/q2*-1;. The van der Waals surface area contributed by atoms with Gasteiger partial charge in [-0.15, -0.1) is 53.2 Å². The number of para-hydroxylation sites is 1. The maximum absolute atomic E-state index is 6.28. The van der Waals surface area contributed by atoms with E-state index < -0.39 is 8.07 Å². The van der Waals surface area contributed by atoms with Crippen LogP contribution in [0, 0.1) is 12.1 Å². The van der Waals surface area contributed by atoms with Gasteiger partial charge in [0.25, 0.3) is 0 Å². The fourth-order valence-corrected chi connectivity index (χ4v) is 5.91. The molecule has 6 aromatic rings. The third-order valence-corrected chi connectivity index (χ3v) is 8.41. The molecule has 0 bridgehead atoms. The Morgan fingerprint density at radius 2 is 1.61 bits per heavy atom. The summed E-state index contributed by atoms with van der Waals surface area (Å²) in [5.41, 5.74) is 6.97. The summed E-state index contributed by atoms with van der Waals surface area (Å²) in [5, 5.41) is 3.82. The third-order valence-electron chi connectivity index (χ3n) is 6.40. The van der Waals surface area contributed by atoms with Crippen molar-refractivity contribution in [1.29, 1.82) is 0 Å². The molecule has 0 atom stereocenters. The first-order valence-corrected chi connectivity index (χ1v) is 16.2. The predicted molar refractivity (Wildman–Crippen MR) is 157 cm³/mol. The molecule has 0 saturated heterocycles. The van der Waals surface area contributed by atoms with Crippen molar-refractivity contribution in [3.05, 3.63) is 115 Å². The Morgan fingerprint density at radius 3 is 2.26 bits per heavy atom. The summed E-state index contributed by atoms with van der Waals surface area (Å²) in [5.74, 6) is 0. The van der Waals surface area contributed by atoms with Gasteiger partial charge in [0, 0.05) is 46.0 Å². The number of nitrogens with zero attached hydrogens (tertiary/aromatic N) is 2. The van der Waals surface area contributed by atoms with Crippen LogP contribution in [0.2, 0.25) is 19.6 Å². The number of aromatic nitrogens is 2. The van der Waals surface area contributed by atoms with Crippen LogP contribution in [0.3, 0.4) is 0 Å². The molecule has 0 aliphatic carbocycles. The average molecular weight is 691 g/mol. The summed E-state index contributed by atoms with van der Waals surface area (Å²) in [4.78, 5) is 8.87. The summed E-state index contributed by atoms with van der Waals surface area (Å²) in [6, 6.07) is 35.0. The van der Waals surface area contributed by atoms with Gasteiger partial charge in [-0.3, -0.25) is 0 Å². The number of aryl methyl sites for hydroxylation is 1. The topological polar surface area (TPSA) is 38.9 Å². The first-order valence-electron chi connectivity index (χ1n) is 12.7. The summed E-state index contributed by atoms with van der Waals surface area (Å²) in [6.45, 7) is 9.24. The molecule has 5 heteroatoms. The molecular weight excluding hydrogens is 661 g/mol. The number of fused-ring (bicyclic) bond motifs is 3. The monoisotopic (exact) mass is 691 g/mol. The smallest absolute Gasteiger partial charge is 0.120 e. The fraction of sp³-hybridized carbons (Fsp3) is 0.152. The van der Waals surface area contributed by atoms with Gasteiger partial charge in [0.05, 0.1) is 5.58 Å². The molecule has 0 saturated carbocycles. The van der Waals surface area contributed by atoms with Crippen LogP contribution >= 0.6 is 0 Å². The van der Waals surface area contributed by atoms with Gasteiger partial charge in [-0.2, -0.15) is 0 Å². The van der Waals surface area contributed by atoms with Gasteiger partial charge < -0.3 is 14.4 Å². The minimum atomic E-state index is -1.53. The van der Waals surface area contributed by atoms with Gasteiger partial charge in [0.2, 0.25) is 0 Å². The van der Waals surface area contributed by atoms with Crippen molar-refractivity contribution in [2.75, 3.05) is 0 Å². The van der Waals surface area contributed by atoms with Crippen LogP contribution in [-0.4, -0.2) is 18.0 Å². The predicted octanol–water partition coefficient (Wildman–Crippen LogP) is 8.10. The van der Waals surface area contributed by atoms with Crippen LogP contribution in [0.1, 0.15) is 12.5 Å². The van der Waals surface area contributed by atoms with E-state index in [1.165, 1.54) is 21.5 Å². The van der Waals surface area contributed by atoms with Gasteiger partial charge in [0.15, 0.2) is 0 Å². The maximum Gasteiger partial charge on any atom is 0.120 e. The third kappa shape index (κ3) is 5.86. The van der Waals surface area contributed by atoms with Gasteiger partial charge in [-0.25, -0.2) is 0 Å². The molecule has 3 heterocycles. The average Bonchev–Trinajstić information content (AvgIpc) is 3.33. The molecule has 3 aromatic carbocycles. The minimum Gasteiger partial charge on any atom is -0.501 e. The van der Waals surface area contributed by atoms with Crippen molar-refractivity contribution >= 4 is 35.2 Å². The van der Waals surface area contributed by atoms with E-state index in [9.17, 15) is 0 Å². The van der Waals surface area contributed by atoms with E-state index in [2.05, 4.69) is 79.0 Å². The first kappa shape index (κ1) is 27.7. The summed E-state index contributed by atoms with van der Waals surface area (Å²) < 4.78 is 6.28. The Morgan fingerprint density at radius 1 is 0.816 bits per heavy atom.